The number of halogens is 1. The monoisotopic (exact) mass is 478 g/mol. The number of carbonyl (C=O) groups is 2. The van der Waals surface area contributed by atoms with Crippen molar-refractivity contribution in [3.05, 3.63) is 137 Å². The van der Waals surface area contributed by atoms with E-state index in [4.69, 9.17) is 11.6 Å². The number of benzene rings is 3. The number of nitrogens with zero attached hydrogens (tertiary/aromatic N) is 2. The topological polar surface area (TPSA) is 41.8 Å². The molecule has 2 aromatic heterocycles. The molecule has 5 heteroatoms. The molecule has 0 bridgehead atoms. The molecule has 0 aliphatic heterocycles. The van der Waals surface area contributed by atoms with Crippen LogP contribution in [0.15, 0.2) is 115 Å². The maximum atomic E-state index is 13.9. The van der Waals surface area contributed by atoms with Crippen LogP contribution in [0, 0.1) is 0 Å². The molecule has 172 valence electrons. The van der Waals surface area contributed by atoms with Gasteiger partial charge in [0, 0.05) is 35.4 Å². The highest BCUT2D eigenvalue weighted by Gasteiger charge is 2.29. The summed E-state index contributed by atoms with van der Waals surface area (Å²) in [4.78, 5) is 29.3. The minimum atomic E-state index is -0.548. The highest BCUT2D eigenvalue weighted by atomic mass is 35.5. The summed E-state index contributed by atoms with van der Waals surface area (Å²) in [6, 6.07) is 34.4. The maximum absolute atomic E-state index is 13.9. The molecule has 0 spiro atoms. The summed E-state index contributed by atoms with van der Waals surface area (Å²) >= 11 is 6.09. The molecule has 1 amide bonds. The molecule has 35 heavy (non-hydrogen) atoms. The summed E-state index contributed by atoms with van der Waals surface area (Å²) in [7, 11) is 0. The van der Waals surface area contributed by atoms with Gasteiger partial charge in [-0.15, -0.1) is 0 Å². The lowest BCUT2D eigenvalue weighted by Gasteiger charge is -2.23. The third kappa shape index (κ3) is 4.88. The van der Waals surface area contributed by atoms with Crippen molar-refractivity contribution < 1.29 is 9.59 Å². The molecule has 0 unspecified atom stereocenters. The van der Waals surface area contributed by atoms with Crippen LogP contribution in [0.1, 0.15) is 21.6 Å². The number of hydrogen-bond donors (Lipinski definition) is 0. The summed E-state index contributed by atoms with van der Waals surface area (Å²) in [6.45, 7) is 0.666. The van der Waals surface area contributed by atoms with Crippen molar-refractivity contribution in [3.63, 3.8) is 0 Å². The van der Waals surface area contributed by atoms with Crippen LogP contribution in [0.4, 0.5) is 0 Å². The Morgan fingerprint density at radius 2 is 1.29 bits per heavy atom. The van der Waals surface area contributed by atoms with E-state index in [0.29, 0.717) is 29.4 Å². The summed E-state index contributed by atoms with van der Waals surface area (Å²) in [5.41, 5.74) is 4.63. The van der Waals surface area contributed by atoms with E-state index >= 15 is 0 Å². The molecule has 0 saturated carbocycles. The largest absolute Gasteiger partial charge is 0.327 e. The van der Waals surface area contributed by atoms with Crippen LogP contribution in [0.3, 0.4) is 0 Å². The highest BCUT2D eigenvalue weighted by molar-refractivity contribution is 6.43. The van der Waals surface area contributed by atoms with Crippen LogP contribution in [-0.2, 0) is 17.9 Å². The molecule has 5 aromatic rings. The summed E-state index contributed by atoms with van der Waals surface area (Å²) in [6.07, 6.45) is 1.81. The van der Waals surface area contributed by atoms with E-state index in [-0.39, 0.29) is 0 Å². The molecule has 2 heterocycles. The van der Waals surface area contributed by atoms with E-state index in [0.717, 1.165) is 22.2 Å². The Bertz CT molecular complexity index is 1430. The van der Waals surface area contributed by atoms with Gasteiger partial charge in [0.2, 0.25) is 0 Å². The Balaban J connectivity index is 1.56. The minimum absolute atomic E-state index is 0.333. The minimum Gasteiger partial charge on any atom is -0.327 e. The number of hydrogen-bond acceptors (Lipinski definition) is 2. The molecule has 0 aliphatic rings. The van der Waals surface area contributed by atoms with Gasteiger partial charge in [-0.3, -0.25) is 9.59 Å². The lowest BCUT2D eigenvalue weighted by molar-refractivity contribution is -0.127. The molecule has 4 nitrogen and oxygen atoms in total. The van der Waals surface area contributed by atoms with E-state index < -0.39 is 11.7 Å². The molecule has 0 atom stereocenters. The van der Waals surface area contributed by atoms with Gasteiger partial charge < -0.3 is 9.30 Å². The van der Waals surface area contributed by atoms with E-state index in [9.17, 15) is 9.59 Å². The lowest BCUT2D eigenvalue weighted by atomic mass is 10.0. The highest BCUT2D eigenvalue weighted by Crippen LogP contribution is 2.30. The first-order valence-electron chi connectivity index (χ1n) is 11.4. The Labute approximate surface area is 209 Å². The fourth-order valence-electron chi connectivity index (χ4n) is 4.26. The molecule has 3 aromatic carbocycles. The van der Waals surface area contributed by atoms with Gasteiger partial charge in [-0.1, -0.05) is 90.5 Å². The predicted octanol–water partition coefficient (Wildman–Crippen LogP) is 6.67. The van der Waals surface area contributed by atoms with Crippen molar-refractivity contribution in [1.82, 2.24) is 9.30 Å². The van der Waals surface area contributed by atoms with Gasteiger partial charge in [0.05, 0.1) is 0 Å². The molecule has 5 rings (SSSR count). The van der Waals surface area contributed by atoms with Crippen LogP contribution in [0.5, 0.6) is 0 Å². The zero-order valence-corrected chi connectivity index (χ0v) is 19.7. The quantitative estimate of drug-likeness (QED) is 0.193. The van der Waals surface area contributed by atoms with Gasteiger partial charge in [0.1, 0.15) is 5.69 Å². The summed E-state index contributed by atoms with van der Waals surface area (Å²) < 4.78 is 1.79. The first kappa shape index (κ1) is 22.6. The molecular weight excluding hydrogens is 456 g/mol. The number of amides is 1. The fourth-order valence-corrected chi connectivity index (χ4v) is 4.38. The normalized spacial score (nSPS) is 10.9. The van der Waals surface area contributed by atoms with Crippen molar-refractivity contribution in [1.29, 1.82) is 0 Å². The van der Waals surface area contributed by atoms with E-state index in [1.54, 1.807) is 21.4 Å². The van der Waals surface area contributed by atoms with Crippen molar-refractivity contribution in [3.8, 4) is 11.1 Å². The van der Waals surface area contributed by atoms with Crippen molar-refractivity contribution in [2.45, 2.75) is 13.1 Å². The van der Waals surface area contributed by atoms with E-state index in [2.05, 4.69) is 0 Å². The smallest absolute Gasteiger partial charge is 0.297 e. The first-order valence-corrected chi connectivity index (χ1v) is 11.8. The van der Waals surface area contributed by atoms with Crippen molar-refractivity contribution in [2.24, 2.45) is 0 Å². The Hall–Kier alpha value is -4.15. The molecule has 0 fully saturated rings. The maximum Gasteiger partial charge on any atom is 0.297 e. The Kier molecular flexibility index (Phi) is 6.47. The van der Waals surface area contributed by atoms with Crippen LogP contribution in [0.2, 0.25) is 5.02 Å². The van der Waals surface area contributed by atoms with Gasteiger partial charge in [-0.2, -0.15) is 0 Å². The Morgan fingerprint density at radius 1 is 0.714 bits per heavy atom. The Morgan fingerprint density at radius 3 is 1.89 bits per heavy atom. The second-order valence-corrected chi connectivity index (χ2v) is 8.81. The number of ketones is 1. The number of Topliss-reactive ketones (excluding diaryl/α,β-unsaturated/α-hetero) is 1. The molecule has 0 saturated heterocycles. The molecule has 0 aliphatic carbocycles. The zero-order chi connectivity index (χ0) is 24.2. The first-order chi connectivity index (χ1) is 17.1. The molecular formula is C30H23ClN2O2. The predicted molar refractivity (Wildman–Crippen MR) is 139 cm³/mol. The summed E-state index contributed by atoms with van der Waals surface area (Å²) in [5, 5.41) is 0.610. The average Bonchev–Trinajstić information content (AvgIpc) is 3.29. The van der Waals surface area contributed by atoms with Gasteiger partial charge >= 0.3 is 0 Å². The van der Waals surface area contributed by atoms with Gasteiger partial charge in [-0.05, 0) is 47.0 Å². The van der Waals surface area contributed by atoms with E-state index in [1.165, 1.54) is 0 Å². The second kappa shape index (κ2) is 10.00. The SMILES string of the molecule is O=C(C(=O)N(Cc1ccccc1)Cc1ccccc1)c1c(-c2ccc(Cl)cc2)cc2ccccn12. The van der Waals surface area contributed by atoms with Gasteiger partial charge in [-0.25, -0.2) is 0 Å². The van der Waals surface area contributed by atoms with Crippen molar-refractivity contribution >= 4 is 28.8 Å². The third-order valence-electron chi connectivity index (χ3n) is 5.96. The van der Waals surface area contributed by atoms with Crippen molar-refractivity contribution in [2.75, 3.05) is 0 Å². The zero-order valence-electron chi connectivity index (χ0n) is 19.0. The number of carbonyl (C=O) groups excluding carboxylic acids is 2. The van der Waals surface area contributed by atoms with Crippen LogP contribution in [-0.4, -0.2) is 21.0 Å². The molecule has 0 radical (unpaired) electrons. The summed E-state index contributed by atoms with van der Waals surface area (Å²) in [5.74, 6) is -1.09. The standard InChI is InChI=1S/C30H23ClN2O2/c31-25-16-14-24(15-17-25)27-19-26-13-7-8-18-33(26)28(27)29(34)30(35)32(20-22-9-3-1-4-10-22)21-23-11-5-2-6-12-23/h1-19H,20-21H2. The number of aromatic nitrogens is 1. The lowest BCUT2D eigenvalue weighted by Crippen LogP contribution is -2.36. The second-order valence-electron chi connectivity index (χ2n) is 8.37. The van der Waals surface area contributed by atoms with E-state index in [1.807, 2.05) is 103 Å². The fraction of sp³-hybridized carbons (Fsp3) is 0.0667. The third-order valence-corrected chi connectivity index (χ3v) is 6.22. The van der Waals surface area contributed by atoms with Crippen LogP contribution < -0.4 is 0 Å². The van der Waals surface area contributed by atoms with Crippen LogP contribution in [0.25, 0.3) is 16.6 Å². The molecule has 0 N–H and O–H groups in total. The number of pyridine rings is 1. The number of rotatable bonds is 7. The van der Waals surface area contributed by atoms with Crippen LogP contribution >= 0.6 is 11.6 Å². The number of fused-ring (bicyclic) bond motifs is 1. The van der Waals surface area contributed by atoms with Gasteiger partial charge in [0.25, 0.3) is 11.7 Å². The average molecular weight is 479 g/mol. The van der Waals surface area contributed by atoms with Gasteiger partial charge in [0.15, 0.2) is 0 Å².